The van der Waals surface area contributed by atoms with Gasteiger partial charge in [0, 0.05) is 0 Å². The fourth-order valence-corrected chi connectivity index (χ4v) is 2.54. The van der Waals surface area contributed by atoms with Gasteiger partial charge in [-0.2, -0.15) is 0 Å². The van der Waals surface area contributed by atoms with E-state index >= 15 is 0 Å². The summed E-state index contributed by atoms with van der Waals surface area (Å²) in [6.07, 6.45) is 5.90. The minimum Gasteiger partial charge on any atom is -0.0683 e. The molecule has 0 bridgehead atoms. The van der Waals surface area contributed by atoms with Gasteiger partial charge in [-0.05, 0) is 36.5 Å². The van der Waals surface area contributed by atoms with E-state index < -0.39 is 0 Å². The first kappa shape index (κ1) is 18.4. The van der Waals surface area contributed by atoms with Crippen molar-refractivity contribution in [1.82, 2.24) is 0 Å². The summed E-state index contributed by atoms with van der Waals surface area (Å²) >= 11 is 0. The Kier molecular flexibility index (Phi) is 13.2. The van der Waals surface area contributed by atoms with E-state index in [1.54, 1.807) is 0 Å². The number of rotatable bonds is 2. The normalized spacial score (nSPS) is 28.7. The van der Waals surface area contributed by atoms with Crippen LogP contribution in [0.3, 0.4) is 0 Å². The molecule has 1 aliphatic rings. The molecule has 0 amide bonds. The van der Waals surface area contributed by atoms with E-state index in [-0.39, 0.29) is 0 Å². The Morgan fingerprint density at radius 2 is 1.38 bits per heavy atom. The van der Waals surface area contributed by atoms with Crippen molar-refractivity contribution in [2.45, 2.75) is 81.1 Å². The third-order valence-electron chi connectivity index (χ3n) is 3.51. The van der Waals surface area contributed by atoms with Crippen LogP contribution in [-0.2, 0) is 0 Å². The Balaban J connectivity index is 0. The fourth-order valence-electron chi connectivity index (χ4n) is 2.54. The molecule has 16 heavy (non-hydrogen) atoms. The lowest BCUT2D eigenvalue weighted by Gasteiger charge is -2.32. The van der Waals surface area contributed by atoms with Crippen LogP contribution in [0.4, 0.5) is 0 Å². The molecular formula is C16H36. The lowest BCUT2D eigenvalue weighted by Crippen LogP contribution is -2.21. The zero-order valence-electron chi connectivity index (χ0n) is 13.1. The van der Waals surface area contributed by atoms with Gasteiger partial charge in [-0.15, -0.1) is 0 Å². The first-order valence-electron chi connectivity index (χ1n) is 7.59. The second-order valence-corrected chi connectivity index (χ2v) is 5.26. The minimum atomic E-state index is 0.899. The Bertz CT molecular complexity index is 126. The Labute approximate surface area is 105 Å². The molecule has 0 radical (unpaired) electrons. The Morgan fingerprint density at radius 1 is 0.875 bits per heavy atom. The highest BCUT2D eigenvalue weighted by atomic mass is 14.3. The summed E-state index contributed by atoms with van der Waals surface area (Å²) in [6.45, 7) is 17.5. The second-order valence-electron chi connectivity index (χ2n) is 5.26. The summed E-state index contributed by atoms with van der Waals surface area (Å²) in [5, 5.41) is 0. The molecular weight excluding hydrogens is 192 g/mol. The van der Waals surface area contributed by atoms with Gasteiger partial charge in [0.1, 0.15) is 0 Å². The predicted octanol–water partition coefficient (Wildman–Crippen LogP) is 6.16. The van der Waals surface area contributed by atoms with Crippen LogP contribution in [0.15, 0.2) is 0 Å². The summed E-state index contributed by atoms with van der Waals surface area (Å²) in [5.41, 5.74) is 0. The average Bonchev–Trinajstić information content (AvgIpc) is 2.28. The molecule has 3 unspecified atom stereocenters. The summed E-state index contributed by atoms with van der Waals surface area (Å²) in [4.78, 5) is 0. The third-order valence-corrected chi connectivity index (χ3v) is 3.51. The smallest absolute Gasteiger partial charge is 0.0409 e. The van der Waals surface area contributed by atoms with Gasteiger partial charge in [0.05, 0.1) is 0 Å². The van der Waals surface area contributed by atoms with Crippen molar-refractivity contribution in [1.29, 1.82) is 0 Å². The first-order valence-corrected chi connectivity index (χ1v) is 7.59. The lowest BCUT2D eigenvalue weighted by atomic mass is 9.73. The molecule has 0 heterocycles. The van der Waals surface area contributed by atoms with E-state index in [1.807, 2.05) is 27.7 Å². The first-order chi connectivity index (χ1) is 7.59. The van der Waals surface area contributed by atoms with Crippen LogP contribution >= 0.6 is 0 Å². The maximum atomic E-state index is 2.43. The van der Waals surface area contributed by atoms with Crippen molar-refractivity contribution in [3.63, 3.8) is 0 Å². The van der Waals surface area contributed by atoms with Gasteiger partial charge in [0.15, 0.2) is 0 Å². The van der Waals surface area contributed by atoms with Gasteiger partial charge in [-0.3, -0.25) is 0 Å². The average molecular weight is 228 g/mol. The molecule has 100 valence electrons. The molecule has 0 N–H and O–H groups in total. The largest absolute Gasteiger partial charge is 0.0683 e. The van der Waals surface area contributed by atoms with Crippen molar-refractivity contribution in [2.75, 3.05) is 0 Å². The van der Waals surface area contributed by atoms with Crippen molar-refractivity contribution < 1.29 is 0 Å². The molecule has 1 fully saturated rings. The highest BCUT2D eigenvalue weighted by molar-refractivity contribution is 4.75. The van der Waals surface area contributed by atoms with E-state index in [9.17, 15) is 0 Å². The molecule has 0 spiro atoms. The van der Waals surface area contributed by atoms with E-state index in [4.69, 9.17) is 0 Å². The predicted molar refractivity (Wildman–Crippen MR) is 77.8 cm³/mol. The zero-order valence-corrected chi connectivity index (χ0v) is 13.1. The van der Waals surface area contributed by atoms with Gasteiger partial charge in [0.25, 0.3) is 0 Å². The van der Waals surface area contributed by atoms with Gasteiger partial charge >= 0.3 is 0 Å². The van der Waals surface area contributed by atoms with Crippen LogP contribution < -0.4 is 0 Å². The summed E-state index contributed by atoms with van der Waals surface area (Å²) < 4.78 is 0. The molecule has 0 aliphatic heterocycles. The van der Waals surface area contributed by atoms with Crippen molar-refractivity contribution in [3.05, 3.63) is 0 Å². The van der Waals surface area contributed by atoms with Crippen LogP contribution in [0.2, 0.25) is 0 Å². The second kappa shape index (κ2) is 11.5. The molecule has 3 atom stereocenters. The highest BCUT2D eigenvalue weighted by Gasteiger charge is 2.24. The molecule has 0 aromatic rings. The quantitative estimate of drug-likeness (QED) is 0.531. The SMILES string of the molecule is CC.CC.CC(C)CC1CCC(C)C(C)C1. The minimum absolute atomic E-state index is 0.899. The maximum Gasteiger partial charge on any atom is -0.0409 e. The Hall–Kier alpha value is 0. The van der Waals surface area contributed by atoms with E-state index in [0.717, 1.165) is 23.7 Å². The third kappa shape index (κ3) is 8.19. The molecule has 1 saturated carbocycles. The van der Waals surface area contributed by atoms with Crippen LogP contribution in [0, 0.1) is 23.7 Å². The van der Waals surface area contributed by atoms with Crippen molar-refractivity contribution in [2.24, 2.45) is 23.7 Å². The molecule has 0 saturated heterocycles. The molecule has 0 nitrogen and oxygen atoms in total. The molecule has 0 aromatic carbocycles. The maximum absolute atomic E-state index is 2.43. The fraction of sp³-hybridized carbons (Fsp3) is 1.00. The van der Waals surface area contributed by atoms with Gasteiger partial charge in [0.2, 0.25) is 0 Å². The highest BCUT2D eigenvalue weighted by Crippen LogP contribution is 2.36. The standard InChI is InChI=1S/C12H24.2C2H6/c1-9(2)7-12-6-5-10(3)11(4)8-12;2*1-2/h9-12H,5-8H2,1-4H3;2*1-2H3. The van der Waals surface area contributed by atoms with E-state index in [0.29, 0.717) is 0 Å². The molecule has 0 heteroatoms. The summed E-state index contributed by atoms with van der Waals surface area (Å²) in [5.74, 6) is 3.89. The van der Waals surface area contributed by atoms with Crippen molar-refractivity contribution >= 4 is 0 Å². The van der Waals surface area contributed by atoms with Gasteiger partial charge < -0.3 is 0 Å². The van der Waals surface area contributed by atoms with Crippen LogP contribution in [0.1, 0.15) is 81.1 Å². The molecule has 1 aliphatic carbocycles. The van der Waals surface area contributed by atoms with Crippen molar-refractivity contribution in [3.8, 4) is 0 Å². The topological polar surface area (TPSA) is 0 Å². The summed E-state index contributed by atoms with van der Waals surface area (Å²) in [7, 11) is 0. The van der Waals surface area contributed by atoms with E-state index in [1.165, 1.54) is 25.7 Å². The van der Waals surface area contributed by atoms with Crippen LogP contribution in [-0.4, -0.2) is 0 Å². The summed E-state index contributed by atoms with van der Waals surface area (Å²) in [6, 6.07) is 0. The monoisotopic (exact) mass is 228 g/mol. The van der Waals surface area contributed by atoms with E-state index in [2.05, 4.69) is 27.7 Å². The lowest BCUT2D eigenvalue weighted by molar-refractivity contribution is 0.188. The van der Waals surface area contributed by atoms with Gasteiger partial charge in [-0.1, -0.05) is 68.2 Å². The zero-order chi connectivity index (χ0) is 13.1. The molecule has 1 rings (SSSR count). The molecule has 0 aromatic heterocycles. The van der Waals surface area contributed by atoms with Gasteiger partial charge in [-0.25, -0.2) is 0 Å². The van der Waals surface area contributed by atoms with Crippen LogP contribution in [0.5, 0.6) is 0 Å². The Morgan fingerprint density at radius 3 is 1.75 bits per heavy atom. The number of hydrogen-bond acceptors (Lipinski definition) is 0. The van der Waals surface area contributed by atoms with Crippen LogP contribution in [0.25, 0.3) is 0 Å². The number of hydrogen-bond donors (Lipinski definition) is 0.